The van der Waals surface area contributed by atoms with Gasteiger partial charge in [0.05, 0.1) is 0 Å². The summed E-state index contributed by atoms with van der Waals surface area (Å²) in [5, 5.41) is 2.94. The number of nitrogens with one attached hydrogen (secondary N) is 1. The van der Waals surface area contributed by atoms with E-state index in [1.807, 2.05) is 12.1 Å². The molecule has 1 aliphatic rings. The highest BCUT2D eigenvalue weighted by molar-refractivity contribution is 5.93. The monoisotopic (exact) mass is 232 g/mol. The first kappa shape index (κ1) is 12.1. The highest BCUT2D eigenvalue weighted by Gasteiger charge is 2.29. The maximum absolute atomic E-state index is 11.5. The third kappa shape index (κ3) is 3.86. The zero-order chi connectivity index (χ0) is 12.1. The summed E-state index contributed by atoms with van der Waals surface area (Å²) in [7, 11) is 0. The van der Waals surface area contributed by atoms with Gasteiger partial charge in [-0.3, -0.25) is 4.79 Å². The Kier molecular flexibility index (Phi) is 4.15. The summed E-state index contributed by atoms with van der Waals surface area (Å²) in [5.41, 5.74) is 7.67. The van der Waals surface area contributed by atoms with Crippen LogP contribution in [0.2, 0.25) is 0 Å². The van der Waals surface area contributed by atoms with Gasteiger partial charge in [-0.1, -0.05) is 12.1 Å². The molecular formula is C14H20N2O. The molecule has 0 heterocycles. The van der Waals surface area contributed by atoms with Gasteiger partial charge in [-0.2, -0.15) is 0 Å². The summed E-state index contributed by atoms with van der Waals surface area (Å²) >= 11 is 0. The van der Waals surface area contributed by atoms with Crippen molar-refractivity contribution < 1.29 is 4.79 Å². The third-order valence-corrected chi connectivity index (χ3v) is 3.09. The molecule has 0 aliphatic heterocycles. The van der Waals surface area contributed by atoms with Gasteiger partial charge in [-0.15, -0.1) is 0 Å². The second-order valence-corrected chi connectivity index (χ2v) is 4.71. The van der Waals surface area contributed by atoms with Crippen LogP contribution in [0.25, 0.3) is 0 Å². The predicted octanol–water partition coefficient (Wildman–Crippen LogP) is 2.32. The minimum atomic E-state index is 0.167. The average molecular weight is 232 g/mol. The lowest BCUT2D eigenvalue weighted by atomic mass is 10.1. The Morgan fingerprint density at radius 3 is 2.53 bits per heavy atom. The van der Waals surface area contributed by atoms with Crippen molar-refractivity contribution in [2.75, 3.05) is 11.9 Å². The third-order valence-electron chi connectivity index (χ3n) is 3.09. The Hall–Kier alpha value is -1.35. The van der Waals surface area contributed by atoms with Crippen LogP contribution in [0, 0.1) is 5.92 Å². The van der Waals surface area contributed by atoms with Crippen LogP contribution in [0.4, 0.5) is 5.69 Å². The summed E-state index contributed by atoms with van der Waals surface area (Å²) < 4.78 is 0. The molecule has 1 saturated carbocycles. The number of rotatable bonds is 6. The number of hydrogen-bond donors (Lipinski definition) is 2. The van der Waals surface area contributed by atoms with Crippen LogP contribution < -0.4 is 11.1 Å². The van der Waals surface area contributed by atoms with Crippen molar-refractivity contribution >= 4 is 11.6 Å². The smallest absolute Gasteiger partial charge is 0.227 e. The molecule has 1 aromatic rings. The average Bonchev–Trinajstić information content (AvgIpc) is 3.16. The molecule has 0 atom stereocenters. The van der Waals surface area contributed by atoms with Gasteiger partial charge >= 0.3 is 0 Å². The van der Waals surface area contributed by atoms with E-state index in [0.717, 1.165) is 44.3 Å². The van der Waals surface area contributed by atoms with Crippen LogP contribution in [0.5, 0.6) is 0 Å². The molecular weight excluding hydrogens is 212 g/mol. The Bertz CT molecular complexity index is 368. The van der Waals surface area contributed by atoms with E-state index < -0.39 is 0 Å². The minimum absolute atomic E-state index is 0.167. The normalized spacial score (nSPS) is 14.6. The molecule has 0 spiro atoms. The lowest BCUT2D eigenvalue weighted by Crippen LogP contribution is -2.13. The molecule has 1 fully saturated rings. The fourth-order valence-corrected chi connectivity index (χ4v) is 1.82. The number of anilines is 1. The first-order valence-electron chi connectivity index (χ1n) is 6.39. The maximum Gasteiger partial charge on any atom is 0.227 e. The topological polar surface area (TPSA) is 55.1 Å². The summed E-state index contributed by atoms with van der Waals surface area (Å²) in [5.74, 6) is 0.431. The molecule has 1 aromatic carbocycles. The van der Waals surface area contributed by atoms with Gasteiger partial charge in [0.1, 0.15) is 0 Å². The highest BCUT2D eigenvalue weighted by atomic mass is 16.2. The fraction of sp³-hybridized carbons (Fsp3) is 0.500. The van der Waals surface area contributed by atoms with E-state index in [9.17, 15) is 4.79 Å². The number of benzene rings is 1. The van der Waals surface area contributed by atoms with Crippen molar-refractivity contribution in [3.05, 3.63) is 29.8 Å². The zero-order valence-electron chi connectivity index (χ0n) is 10.1. The van der Waals surface area contributed by atoms with Crippen LogP contribution in [-0.2, 0) is 11.2 Å². The van der Waals surface area contributed by atoms with Crippen molar-refractivity contribution in [2.45, 2.75) is 32.1 Å². The van der Waals surface area contributed by atoms with Crippen molar-refractivity contribution in [1.29, 1.82) is 0 Å². The standard InChI is InChI=1S/C14H20N2O/c15-10-2-1-3-11-4-8-13(9-5-11)16-14(17)12-6-7-12/h4-5,8-9,12H,1-3,6-7,10,15H2,(H,16,17). The molecule has 2 rings (SSSR count). The molecule has 3 N–H and O–H groups in total. The van der Waals surface area contributed by atoms with Gasteiger partial charge in [-0.25, -0.2) is 0 Å². The van der Waals surface area contributed by atoms with E-state index in [2.05, 4.69) is 17.4 Å². The minimum Gasteiger partial charge on any atom is -0.330 e. The van der Waals surface area contributed by atoms with Crippen LogP contribution in [0.3, 0.4) is 0 Å². The first-order chi connectivity index (χ1) is 8.29. The van der Waals surface area contributed by atoms with Crippen molar-refractivity contribution in [1.82, 2.24) is 0 Å². The van der Waals surface area contributed by atoms with Crippen molar-refractivity contribution in [3.63, 3.8) is 0 Å². The molecule has 1 aliphatic carbocycles. The number of aryl methyl sites for hydroxylation is 1. The predicted molar refractivity (Wildman–Crippen MR) is 69.8 cm³/mol. The van der Waals surface area contributed by atoms with E-state index >= 15 is 0 Å². The Morgan fingerprint density at radius 2 is 1.94 bits per heavy atom. The Balaban J connectivity index is 1.82. The van der Waals surface area contributed by atoms with Crippen molar-refractivity contribution in [2.24, 2.45) is 11.7 Å². The Labute approximate surface area is 102 Å². The number of carbonyl (C=O) groups excluding carboxylic acids is 1. The number of nitrogens with two attached hydrogens (primary N) is 1. The summed E-state index contributed by atoms with van der Waals surface area (Å²) in [6.45, 7) is 0.759. The number of carbonyl (C=O) groups is 1. The van der Waals surface area contributed by atoms with E-state index in [1.54, 1.807) is 0 Å². The SMILES string of the molecule is NCCCCc1ccc(NC(=O)C2CC2)cc1. The van der Waals surface area contributed by atoms with Crippen LogP contribution in [0.15, 0.2) is 24.3 Å². The largest absolute Gasteiger partial charge is 0.330 e. The summed E-state index contributed by atoms with van der Waals surface area (Å²) in [4.78, 5) is 11.5. The number of unbranched alkanes of at least 4 members (excludes halogenated alkanes) is 1. The molecule has 0 aromatic heterocycles. The number of hydrogen-bond acceptors (Lipinski definition) is 2. The molecule has 0 unspecified atom stereocenters. The van der Waals surface area contributed by atoms with E-state index in [4.69, 9.17) is 5.73 Å². The first-order valence-corrected chi connectivity index (χ1v) is 6.39. The van der Waals surface area contributed by atoms with E-state index in [1.165, 1.54) is 5.56 Å². The second kappa shape index (κ2) is 5.82. The van der Waals surface area contributed by atoms with Crippen LogP contribution >= 0.6 is 0 Å². The van der Waals surface area contributed by atoms with Crippen LogP contribution in [-0.4, -0.2) is 12.5 Å². The fourth-order valence-electron chi connectivity index (χ4n) is 1.82. The van der Waals surface area contributed by atoms with E-state index in [-0.39, 0.29) is 11.8 Å². The lowest BCUT2D eigenvalue weighted by molar-refractivity contribution is -0.117. The highest BCUT2D eigenvalue weighted by Crippen LogP contribution is 2.30. The lowest BCUT2D eigenvalue weighted by Gasteiger charge is -2.05. The molecule has 17 heavy (non-hydrogen) atoms. The maximum atomic E-state index is 11.5. The Morgan fingerprint density at radius 1 is 1.24 bits per heavy atom. The molecule has 3 nitrogen and oxygen atoms in total. The second-order valence-electron chi connectivity index (χ2n) is 4.71. The van der Waals surface area contributed by atoms with Gasteiger partial charge in [-0.05, 0) is 56.3 Å². The molecule has 1 amide bonds. The molecule has 0 bridgehead atoms. The summed E-state index contributed by atoms with van der Waals surface area (Å²) in [6, 6.07) is 8.13. The molecule has 0 radical (unpaired) electrons. The van der Waals surface area contributed by atoms with Gasteiger partial charge in [0.2, 0.25) is 5.91 Å². The molecule has 92 valence electrons. The van der Waals surface area contributed by atoms with E-state index in [0.29, 0.717) is 0 Å². The quantitative estimate of drug-likeness (QED) is 0.739. The molecule has 0 saturated heterocycles. The zero-order valence-corrected chi connectivity index (χ0v) is 10.1. The molecule has 3 heteroatoms. The van der Waals surface area contributed by atoms with Crippen molar-refractivity contribution in [3.8, 4) is 0 Å². The number of amides is 1. The van der Waals surface area contributed by atoms with Gasteiger partial charge in [0, 0.05) is 11.6 Å². The van der Waals surface area contributed by atoms with Crippen LogP contribution in [0.1, 0.15) is 31.2 Å². The van der Waals surface area contributed by atoms with Gasteiger partial charge < -0.3 is 11.1 Å². The van der Waals surface area contributed by atoms with Gasteiger partial charge in [0.15, 0.2) is 0 Å². The van der Waals surface area contributed by atoms with Gasteiger partial charge in [0.25, 0.3) is 0 Å². The summed E-state index contributed by atoms with van der Waals surface area (Å²) in [6.07, 6.45) is 5.35.